The van der Waals surface area contributed by atoms with E-state index in [1.54, 1.807) is 0 Å². The van der Waals surface area contributed by atoms with E-state index in [4.69, 9.17) is 20.8 Å². The predicted octanol–water partition coefficient (Wildman–Crippen LogP) is 2.33. The van der Waals surface area contributed by atoms with Crippen LogP contribution in [0.25, 0.3) is 0 Å². The maximum absolute atomic E-state index is 12.9. The Balaban J connectivity index is 1.63. The molecule has 0 radical (unpaired) electrons. The van der Waals surface area contributed by atoms with Crippen molar-refractivity contribution < 1.29 is 30.8 Å². The van der Waals surface area contributed by atoms with Gasteiger partial charge in [0, 0.05) is 32.2 Å². The van der Waals surface area contributed by atoms with Gasteiger partial charge in [-0.25, -0.2) is 21.1 Å². The van der Waals surface area contributed by atoms with Gasteiger partial charge >= 0.3 is 5.97 Å². The molecule has 1 saturated heterocycles. The summed E-state index contributed by atoms with van der Waals surface area (Å²) < 4.78 is 62.6. The van der Waals surface area contributed by atoms with E-state index < -0.39 is 31.9 Å². The fraction of sp³-hybridized carbons (Fsp3) is 0.421. The van der Waals surface area contributed by atoms with E-state index >= 15 is 0 Å². The molecule has 1 aliphatic rings. The minimum absolute atomic E-state index is 0.00219. The second-order valence-corrected chi connectivity index (χ2v) is 11.7. The fourth-order valence-corrected chi connectivity index (χ4v) is 5.59. The van der Waals surface area contributed by atoms with Crippen LogP contribution < -0.4 is 0 Å². The number of carbonyl (C=O) groups excluding carboxylic acids is 1. The van der Waals surface area contributed by atoms with Gasteiger partial charge in [0.05, 0.1) is 10.8 Å². The zero-order valence-corrected chi connectivity index (χ0v) is 19.4. The van der Waals surface area contributed by atoms with Crippen molar-refractivity contribution in [3.05, 3.63) is 47.2 Å². The first kappa shape index (κ1) is 23.7. The standard InChI is InChI=1S/C19H23ClN2O7S2/c1-21(2)31(26,27)18-10-7-16(29-18)13-28-19(23)14-4-3-11-22(12-14)30(24,25)17-8-5-15(20)6-9-17/h5-10,14H,3-4,11-13H2,1-2H3. The molecule has 9 nitrogen and oxygen atoms in total. The monoisotopic (exact) mass is 490 g/mol. The van der Waals surface area contributed by atoms with Crippen molar-refractivity contribution in [1.82, 2.24) is 8.61 Å². The molecular formula is C19H23ClN2O7S2. The molecule has 1 aliphatic heterocycles. The third-order valence-corrected chi connectivity index (χ3v) is 8.72. The van der Waals surface area contributed by atoms with Gasteiger partial charge in [-0.05, 0) is 49.2 Å². The summed E-state index contributed by atoms with van der Waals surface area (Å²) in [4.78, 5) is 12.6. The molecule has 0 saturated carbocycles. The SMILES string of the molecule is CN(C)S(=O)(=O)c1ccc(COC(=O)C2CCCN(S(=O)(=O)c3ccc(Cl)cc3)C2)o1. The second kappa shape index (κ2) is 9.29. The van der Waals surface area contributed by atoms with Crippen molar-refractivity contribution in [1.29, 1.82) is 0 Å². The molecule has 12 heteroatoms. The zero-order chi connectivity index (χ0) is 22.8. The number of esters is 1. The summed E-state index contributed by atoms with van der Waals surface area (Å²) in [5.41, 5.74) is 0. The molecule has 1 aromatic heterocycles. The van der Waals surface area contributed by atoms with E-state index in [-0.39, 0.29) is 28.9 Å². The topological polar surface area (TPSA) is 114 Å². The molecule has 0 N–H and O–H groups in total. The van der Waals surface area contributed by atoms with E-state index in [0.29, 0.717) is 24.4 Å². The Morgan fingerprint density at radius 3 is 2.48 bits per heavy atom. The van der Waals surface area contributed by atoms with E-state index in [2.05, 4.69) is 0 Å². The van der Waals surface area contributed by atoms with E-state index in [1.807, 2.05) is 0 Å². The minimum Gasteiger partial charge on any atom is -0.457 e. The quantitative estimate of drug-likeness (QED) is 0.547. The molecule has 0 bridgehead atoms. The lowest BCUT2D eigenvalue weighted by molar-refractivity contribution is -0.151. The van der Waals surface area contributed by atoms with Crippen LogP contribution in [0, 0.1) is 5.92 Å². The lowest BCUT2D eigenvalue weighted by Crippen LogP contribution is -2.42. The van der Waals surface area contributed by atoms with Crippen LogP contribution in [0.1, 0.15) is 18.6 Å². The van der Waals surface area contributed by atoms with Crippen molar-refractivity contribution in [2.75, 3.05) is 27.2 Å². The lowest BCUT2D eigenvalue weighted by atomic mass is 10.00. The normalized spacial score (nSPS) is 18.3. The van der Waals surface area contributed by atoms with Crippen molar-refractivity contribution >= 4 is 37.6 Å². The van der Waals surface area contributed by atoms with Crippen LogP contribution in [0.15, 0.2) is 50.8 Å². The first-order valence-corrected chi connectivity index (χ1v) is 12.7. The summed E-state index contributed by atoms with van der Waals surface area (Å²) in [6.45, 7) is 0.0586. The van der Waals surface area contributed by atoms with Gasteiger partial charge in [0.25, 0.3) is 10.0 Å². The van der Waals surface area contributed by atoms with Gasteiger partial charge in [-0.1, -0.05) is 11.6 Å². The van der Waals surface area contributed by atoms with Crippen LogP contribution in [0.3, 0.4) is 0 Å². The molecule has 3 rings (SSSR count). The Morgan fingerprint density at radius 1 is 1.16 bits per heavy atom. The molecule has 1 atom stereocenters. The number of rotatable bonds is 7. The van der Waals surface area contributed by atoms with Gasteiger partial charge in [-0.15, -0.1) is 0 Å². The van der Waals surface area contributed by atoms with Gasteiger partial charge in [-0.2, -0.15) is 4.31 Å². The number of halogens is 1. The van der Waals surface area contributed by atoms with Crippen molar-refractivity contribution in [3.8, 4) is 0 Å². The Kier molecular flexibility index (Phi) is 7.11. The molecule has 1 unspecified atom stereocenters. The number of benzene rings is 1. The maximum Gasteiger partial charge on any atom is 0.310 e. The highest BCUT2D eigenvalue weighted by atomic mass is 35.5. The number of hydrogen-bond acceptors (Lipinski definition) is 7. The van der Waals surface area contributed by atoms with Crippen molar-refractivity contribution in [3.63, 3.8) is 0 Å². The zero-order valence-electron chi connectivity index (χ0n) is 17.0. The second-order valence-electron chi connectivity index (χ2n) is 7.27. The molecule has 31 heavy (non-hydrogen) atoms. The Hall–Kier alpha value is -1.92. The number of furan rings is 1. The molecule has 2 aromatic rings. The molecule has 0 amide bonds. The van der Waals surface area contributed by atoms with Gasteiger partial charge in [0.2, 0.25) is 15.1 Å². The van der Waals surface area contributed by atoms with Gasteiger partial charge < -0.3 is 9.15 Å². The third-order valence-electron chi connectivity index (χ3n) is 4.90. The Labute approximate surface area is 186 Å². The van der Waals surface area contributed by atoms with E-state index in [9.17, 15) is 21.6 Å². The van der Waals surface area contributed by atoms with Gasteiger partial charge in [0.1, 0.15) is 12.4 Å². The highest BCUT2D eigenvalue weighted by molar-refractivity contribution is 7.89. The fourth-order valence-electron chi connectivity index (χ4n) is 3.12. The molecule has 0 spiro atoms. The average Bonchev–Trinajstić information content (AvgIpc) is 3.22. The summed E-state index contributed by atoms with van der Waals surface area (Å²) in [5, 5.41) is 0.181. The first-order valence-electron chi connectivity index (χ1n) is 9.45. The van der Waals surface area contributed by atoms with Crippen LogP contribution in [-0.2, 0) is 36.2 Å². The number of ether oxygens (including phenoxy) is 1. The lowest BCUT2D eigenvalue weighted by Gasteiger charge is -2.30. The number of piperidine rings is 1. The van der Waals surface area contributed by atoms with Crippen molar-refractivity contribution in [2.45, 2.75) is 29.4 Å². The highest BCUT2D eigenvalue weighted by Gasteiger charge is 2.34. The molecule has 2 heterocycles. The van der Waals surface area contributed by atoms with Crippen molar-refractivity contribution in [2.24, 2.45) is 5.92 Å². The van der Waals surface area contributed by atoms with Crippen LogP contribution in [0.2, 0.25) is 5.02 Å². The third kappa shape index (κ3) is 5.29. The highest BCUT2D eigenvalue weighted by Crippen LogP contribution is 2.26. The summed E-state index contributed by atoms with van der Waals surface area (Å²) in [7, 11) is -4.72. The van der Waals surface area contributed by atoms with Gasteiger partial charge in [0.15, 0.2) is 0 Å². The summed E-state index contributed by atoms with van der Waals surface area (Å²) >= 11 is 5.83. The number of nitrogens with zero attached hydrogens (tertiary/aromatic N) is 2. The molecular weight excluding hydrogens is 468 g/mol. The molecule has 1 fully saturated rings. The predicted molar refractivity (Wildman–Crippen MR) is 112 cm³/mol. The first-order chi connectivity index (χ1) is 14.5. The Bertz CT molecular complexity index is 1140. The summed E-state index contributed by atoms with van der Waals surface area (Å²) in [6.07, 6.45) is 1.00. The average molecular weight is 491 g/mol. The number of carbonyl (C=O) groups is 1. The van der Waals surface area contributed by atoms with Crippen LogP contribution in [-0.4, -0.2) is 58.6 Å². The largest absolute Gasteiger partial charge is 0.457 e. The van der Waals surface area contributed by atoms with E-state index in [1.165, 1.54) is 54.8 Å². The number of hydrogen-bond donors (Lipinski definition) is 0. The van der Waals surface area contributed by atoms with E-state index in [0.717, 1.165) is 4.31 Å². The number of sulfonamides is 2. The van der Waals surface area contributed by atoms with Crippen LogP contribution in [0.5, 0.6) is 0 Å². The molecule has 1 aromatic carbocycles. The summed E-state index contributed by atoms with van der Waals surface area (Å²) in [5.74, 6) is -1.02. The summed E-state index contributed by atoms with van der Waals surface area (Å²) in [6, 6.07) is 8.56. The molecule has 0 aliphatic carbocycles. The van der Waals surface area contributed by atoms with Crippen LogP contribution >= 0.6 is 11.6 Å². The van der Waals surface area contributed by atoms with Gasteiger partial charge in [-0.3, -0.25) is 4.79 Å². The minimum atomic E-state index is -3.76. The Morgan fingerprint density at radius 2 is 1.84 bits per heavy atom. The van der Waals surface area contributed by atoms with Crippen LogP contribution in [0.4, 0.5) is 0 Å². The maximum atomic E-state index is 12.9. The smallest absolute Gasteiger partial charge is 0.310 e. The molecule has 170 valence electrons.